The zero-order valence-electron chi connectivity index (χ0n) is 15.6. The van der Waals surface area contributed by atoms with Gasteiger partial charge >= 0.3 is 0 Å². The maximum atomic E-state index is 13.2. The van der Waals surface area contributed by atoms with Crippen LogP contribution in [0.3, 0.4) is 0 Å². The Bertz CT molecular complexity index is 1040. The van der Waals surface area contributed by atoms with Crippen LogP contribution < -0.4 is 10.3 Å². The van der Waals surface area contributed by atoms with Crippen LogP contribution in [-0.4, -0.2) is 38.0 Å². The summed E-state index contributed by atoms with van der Waals surface area (Å²) in [5.74, 6) is -0.0137. The van der Waals surface area contributed by atoms with E-state index in [0.717, 1.165) is 18.5 Å². The number of quaternary nitrogens is 1. The Hall–Kier alpha value is -2.92. The number of para-hydroxylation sites is 1. The average Bonchev–Trinajstić information content (AvgIpc) is 2.95. The van der Waals surface area contributed by atoms with Crippen molar-refractivity contribution in [1.29, 1.82) is 0 Å². The molecule has 1 aliphatic rings. The molecule has 0 unspecified atom stereocenters. The lowest BCUT2D eigenvalue weighted by molar-refractivity contribution is -0.858. The van der Waals surface area contributed by atoms with Crippen molar-refractivity contribution in [2.24, 2.45) is 0 Å². The molecule has 2 heterocycles. The standard InChI is InChI=1S/C22H22N2O3/c1-23(2)13-8-14-24-19(15-9-4-3-5-10-15)18-20(25)16-11-6-7-12-17(16)27-21(18)22(24)26/h3-7,9-12,19H,8,13-14H2,1-2H3/p+1/t19-/m0/s1. The van der Waals surface area contributed by atoms with E-state index in [2.05, 4.69) is 14.1 Å². The average molecular weight is 363 g/mol. The highest BCUT2D eigenvalue weighted by atomic mass is 16.3. The lowest BCUT2D eigenvalue weighted by Gasteiger charge is -2.25. The maximum absolute atomic E-state index is 13.2. The van der Waals surface area contributed by atoms with Crippen molar-refractivity contribution >= 4 is 16.9 Å². The number of carbonyl (C=O) groups excluding carboxylic acids is 1. The Morgan fingerprint density at radius 2 is 1.70 bits per heavy atom. The van der Waals surface area contributed by atoms with Gasteiger partial charge in [0.1, 0.15) is 5.58 Å². The number of amides is 1. The van der Waals surface area contributed by atoms with E-state index in [0.29, 0.717) is 23.1 Å². The quantitative estimate of drug-likeness (QED) is 0.753. The third kappa shape index (κ3) is 3.04. The number of fused-ring (bicyclic) bond motifs is 2. The van der Waals surface area contributed by atoms with Crippen LogP contribution in [0.2, 0.25) is 0 Å². The van der Waals surface area contributed by atoms with Gasteiger partial charge in [-0.25, -0.2) is 0 Å². The fourth-order valence-electron chi connectivity index (χ4n) is 3.78. The molecule has 1 aromatic heterocycles. The summed E-state index contributed by atoms with van der Waals surface area (Å²) in [5.41, 5.74) is 1.74. The number of nitrogens with zero attached hydrogens (tertiary/aromatic N) is 1. The normalized spacial score (nSPS) is 16.3. The van der Waals surface area contributed by atoms with Crippen molar-refractivity contribution in [3.05, 3.63) is 81.7 Å². The Kier molecular flexibility index (Phi) is 4.54. The van der Waals surface area contributed by atoms with E-state index in [9.17, 15) is 9.59 Å². The molecule has 0 spiro atoms. The van der Waals surface area contributed by atoms with E-state index in [1.54, 1.807) is 17.0 Å². The summed E-state index contributed by atoms with van der Waals surface area (Å²) in [6.07, 6.45) is 0.860. The molecular weight excluding hydrogens is 340 g/mol. The summed E-state index contributed by atoms with van der Waals surface area (Å²) in [6, 6.07) is 16.5. The van der Waals surface area contributed by atoms with E-state index >= 15 is 0 Å². The first-order valence-electron chi connectivity index (χ1n) is 9.28. The first kappa shape index (κ1) is 17.5. The molecule has 5 heteroatoms. The molecule has 4 rings (SSSR count). The van der Waals surface area contributed by atoms with Gasteiger partial charge in [0.15, 0.2) is 5.43 Å². The highest BCUT2D eigenvalue weighted by Crippen LogP contribution is 2.37. The van der Waals surface area contributed by atoms with Gasteiger partial charge < -0.3 is 14.2 Å². The minimum absolute atomic E-state index is 0.116. The number of nitrogens with one attached hydrogen (secondary N) is 1. The fraction of sp³-hybridized carbons (Fsp3) is 0.273. The molecule has 0 saturated carbocycles. The Labute approximate surface area is 157 Å². The molecule has 0 radical (unpaired) electrons. The molecule has 1 aliphatic heterocycles. The maximum Gasteiger partial charge on any atom is 0.290 e. The van der Waals surface area contributed by atoms with Crippen molar-refractivity contribution in [1.82, 2.24) is 4.90 Å². The molecule has 1 N–H and O–H groups in total. The number of hydrogen-bond acceptors (Lipinski definition) is 3. The summed E-state index contributed by atoms with van der Waals surface area (Å²) in [5, 5.41) is 0.518. The van der Waals surface area contributed by atoms with E-state index in [-0.39, 0.29) is 17.1 Å². The van der Waals surface area contributed by atoms with Crippen LogP contribution in [0.25, 0.3) is 11.0 Å². The lowest BCUT2D eigenvalue weighted by atomic mass is 9.98. The van der Waals surface area contributed by atoms with Crippen LogP contribution in [0.5, 0.6) is 0 Å². The van der Waals surface area contributed by atoms with Crippen LogP contribution in [0.15, 0.2) is 63.8 Å². The van der Waals surface area contributed by atoms with Gasteiger partial charge in [-0.15, -0.1) is 0 Å². The first-order chi connectivity index (χ1) is 13.1. The smallest absolute Gasteiger partial charge is 0.290 e. The van der Waals surface area contributed by atoms with Gasteiger partial charge in [0, 0.05) is 13.0 Å². The Morgan fingerprint density at radius 1 is 1.00 bits per heavy atom. The molecule has 2 aromatic carbocycles. The highest BCUT2D eigenvalue weighted by molar-refractivity contribution is 5.99. The molecule has 5 nitrogen and oxygen atoms in total. The molecule has 3 aromatic rings. The van der Waals surface area contributed by atoms with Crippen LogP contribution in [-0.2, 0) is 0 Å². The van der Waals surface area contributed by atoms with Gasteiger partial charge in [0.05, 0.1) is 37.6 Å². The zero-order valence-corrected chi connectivity index (χ0v) is 15.6. The zero-order chi connectivity index (χ0) is 19.0. The van der Waals surface area contributed by atoms with Crippen molar-refractivity contribution < 1.29 is 14.1 Å². The van der Waals surface area contributed by atoms with Gasteiger partial charge in [0.25, 0.3) is 5.91 Å². The van der Waals surface area contributed by atoms with Gasteiger partial charge in [0.2, 0.25) is 5.76 Å². The lowest BCUT2D eigenvalue weighted by Crippen LogP contribution is -3.05. The van der Waals surface area contributed by atoms with Crippen molar-refractivity contribution in [2.75, 3.05) is 27.2 Å². The second-order valence-electron chi connectivity index (χ2n) is 7.29. The van der Waals surface area contributed by atoms with Crippen LogP contribution in [0.1, 0.15) is 34.1 Å². The molecule has 1 amide bonds. The molecule has 0 aliphatic carbocycles. The highest BCUT2D eigenvalue weighted by Gasteiger charge is 2.42. The van der Waals surface area contributed by atoms with Gasteiger partial charge in [-0.1, -0.05) is 42.5 Å². The van der Waals surface area contributed by atoms with Crippen LogP contribution in [0.4, 0.5) is 0 Å². The second-order valence-corrected chi connectivity index (χ2v) is 7.29. The molecule has 0 fully saturated rings. The topological polar surface area (TPSA) is 55.0 Å². The summed E-state index contributed by atoms with van der Waals surface area (Å²) < 4.78 is 5.91. The Balaban J connectivity index is 1.86. The minimum Gasteiger partial charge on any atom is -0.450 e. The fourth-order valence-corrected chi connectivity index (χ4v) is 3.78. The van der Waals surface area contributed by atoms with Crippen molar-refractivity contribution in [3.63, 3.8) is 0 Å². The number of carbonyl (C=O) groups is 1. The van der Waals surface area contributed by atoms with Gasteiger partial charge in [-0.05, 0) is 17.7 Å². The number of hydrogen-bond donors (Lipinski definition) is 1. The van der Waals surface area contributed by atoms with E-state index < -0.39 is 6.04 Å². The predicted molar refractivity (Wildman–Crippen MR) is 104 cm³/mol. The van der Waals surface area contributed by atoms with Crippen LogP contribution >= 0.6 is 0 Å². The molecule has 27 heavy (non-hydrogen) atoms. The SMILES string of the molecule is C[NH+](C)CCCN1C(=O)c2oc3ccccc3c(=O)c2[C@@H]1c1ccccc1. The molecule has 1 atom stereocenters. The second kappa shape index (κ2) is 7.00. The van der Waals surface area contributed by atoms with E-state index in [1.807, 2.05) is 42.5 Å². The molecule has 138 valence electrons. The van der Waals surface area contributed by atoms with Gasteiger partial charge in [-0.2, -0.15) is 0 Å². The third-order valence-corrected chi connectivity index (χ3v) is 5.06. The van der Waals surface area contributed by atoms with E-state index in [1.165, 1.54) is 4.90 Å². The van der Waals surface area contributed by atoms with Crippen LogP contribution in [0, 0.1) is 0 Å². The summed E-state index contributed by atoms with van der Waals surface area (Å²) in [6.45, 7) is 1.54. The first-order valence-corrected chi connectivity index (χ1v) is 9.28. The molecule has 0 saturated heterocycles. The summed E-state index contributed by atoms with van der Waals surface area (Å²) in [4.78, 5) is 29.5. The monoisotopic (exact) mass is 363 g/mol. The largest absolute Gasteiger partial charge is 0.450 e. The van der Waals surface area contributed by atoms with Crippen molar-refractivity contribution in [2.45, 2.75) is 12.5 Å². The third-order valence-electron chi connectivity index (χ3n) is 5.06. The predicted octanol–water partition coefficient (Wildman–Crippen LogP) is 1.87. The number of rotatable bonds is 5. The molecular formula is C22H23N2O3+. The summed E-state index contributed by atoms with van der Waals surface area (Å²) in [7, 11) is 4.18. The summed E-state index contributed by atoms with van der Waals surface area (Å²) >= 11 is 0. The van der Waals surface area contributed by atoms with E-state index in [4.69, 9.17) is 4.42 Å². The minimum atomic E-state index is -0.397. The van der Waals surface area contributed by atoms with Crippen molar-refractivity contribution in [3.8, 4) is 0 Å². The Morgan fingerprint density at radius 3 is 2.44 bits per heavy atom. The molecule has 0 bridgehead atoms. The van der Waals surface area contributed by atoms with Gasteiger partial charge in [-0.3, -0.25) is 9.59 Å². The number of benzene rings is 2.